The molecule has 0 saturated carbocycles. The van der Waals surface area contributed by atoms with Crippen LogP contribution in [0.15, 0.2) is 87.5 Å². The van der Waals surface area contributed by atoms with Gasteiger partial charge in [-0.3, -0.25) is 0 Å². The molecule has 0 bridgehead atoms. The van der Waals surface area contributed by atoms with E-state index in [0.29, 0.717) is 16.7 Å². The van der Waals surface area contributed by atoms with Crippen LogP contribution in [0.2, 0.25) is 0 Å². The lowest BCUT2D eigenvalue weighted by molar-refractivity contribution is 0.335. The van der Waals surface area contributed by atoms with E-state index >= 15 is 0 Å². The van der Waals surface area contributed by atoms with Gasteiger partial charge in [-0.25, -0.2) is 0 Å². The van der Waals surface area contributed by atoms with Crippen molar-refractivity contribution in [3.05, 3.63) is 89.5 Å². The molecule has 0 saturated heterocycles. The maximum Gasteiger partial charge on any atom is 0.339 e. The number of hydrogen-bond donors (Lipinski definition) is 3. The highest BCUT2D eigenvalue weighted by Gasteiger charge is 2.37. The van der Waals surface area contributed by atoms with Crippen molar-refractivity contribution in [1.29, 1.82) is 0 Å². The number of rotatable bonds is 9. The van der Waals surface area contributed by atoms with E-state index < -0.39 is 79.5 Å². The van der Waals surface area contributed by atoms with Crippen LogP contribution in [-0.4, -0.2) is 40.6 Å². The summed E-state index contributed by atoms with van der Waals surface area (Å²) in [6.07, 6.45) is 0. The first-order valence-corrected chi connectivity index (χ1v) is 16.1. The maximum atomic E-state index is 13.2. The molecule has 0 radical (unpaired) electrons. The molecule has 0 aliphatic carbocycles. The van der Waals surface area contributed by atoms with Gasteiger partial charge in [0, 0.05) is 0 Å². The number of phenolic OH excluding ortho intramolecular Hbond substituents is 3. The Morgan fingerprint density at radius 1 is 0.405 bits per heavy atom. The predicted octanol–water partition coefficient (Wildman–Crippen LogP) is 4.03. The molecule has 3 N–H and O–H groups in total. The van der Waals surface area contributed by atoms with Crippen LogP contribution in [0, 0.1) is 20.8 Å². The molecule has 0 aromatic heterocycles. The van der Waals surface area contributed by atoms with E-state index in [9.17, 15) is 40.6 Å². The minimum Gasteiger partial charge on any atom is -0.502 e. The second-order valence-corrected chi connectivity index (χ2v) is 13.7. The van der Waals surface area contributed by atoms with Gasteiger partial charge in [0.1, 0.15) is 14.7 Å². The van der Waals surface area contributed by atoms with Crippen molar-refractivity contribution in [1.82, 2.24) is 0 Å². The molecule has 15 heteroatoms. The Labute approximate surface area is 242 Å². The van der Waals surface area contributed by atoms with E-state index in [-0.39, 0.29) is 0 Å². The molecule has 0 spiro atoms. The maximum absolute atomic E-state index is 13.2. The van der Waals surface area contributed by atoms with E-state index in [1.165, 1.54) is 36.4 Å². The van der Waals surface area contributed by atoms with Crippen LogP contribution in [0.3, 0.4) is 0 Å². The number of aromatic hydroxyl groups is 3. The summed E-state index contributed by atoms with van der Waals surface area (Å²) < 4.78 is 93.9. The fourth-order valence-corrected chi connectivity index (χ4v) is 6.28. The molecule has 0 unspecified atom stereocenters. The normalized spacial score (nSPS) is 12.1. The Morgan fingerprint density at radius 2 is 0.643 bits per heavy atom. The van der Waals surface area contributed by atoms with Crippen molar-refractivity contribution in [3.8, 4) is 34.5 Å². The first kappa shape index (κ1) is 30.5. The van der Waals surface area contributed by atoms with Crippen molar-refractivity contribution in [2.75, 3.05) is 0 Å². The molecule has 0 amide bonds. The summed E-state index contributed by atoms with van der Waals surface area (Å²) in [4.78, 5) is -1.39. The van der Waals surface area contributed by atoms with Crippen LogP contribution >= 0.6 is 0 Å². The van der Waals surface area contributed by atoms with Gasteiger partial charge >= 0.3 is 30.4 Å². The fraction of sp³-hybridized carbons (Fsp3) is 0.111. The van der Waals surface area contributed by atoms with Crippen molar-refractivity contribution in [3.63, 3.8) is 0 Å². The molecule has 0 aliphatic heterocycles. The Bertz CT molecular complexity index is 1860. The average Bonchev–Trinajstić information content (AvgIpc) is 2.92. The van der Waals surface area contributed by atoms with Crippen LogP contribution in [0.5, 0.6) is 34.5 Å². The summed E-state index contributed by atoms with van der Waals surface area (Å²) >= 11 is 0. The number of hydrogen-bond acceptors (Lipinski definition) is 12. The van der Waals surface area contributed by atoms with Gasteiger partial charge < -0.3 is 27.9 Å². The van der Waals surface area contributed by atoms with E-state index in [1.54, 1.807) is 20.8 Å². The minimum absolute atomic E-state index is 0.456. The molecular weight excluding hydrogens is 612 g/mol. The Kier molecular flexibility index (Phi) is 8.04. The summed E-state index contributed by atoms with van der Waals surface area (Å²) in [5.74, 6) is -8.60. The first-order chi connectivity index (χ1) is 19.5. The summed E-state index contributed by atoms with van der Waals surface area (Å²) in [6, 6.07) is 15.4. The smallest absolute Gasteiger partial charge is 0.339 e. The molecule has 4 rings (SSSR count). The molecule has 0 fully saturated rings. The zero-order valence-corrected chi connectivity index (χ0v) is 24.6. The zero-order chi connectivity index (χ0) is 31.0. The average molecular weight is 637 g/mol. The standard InChI is InChI=1S/C27H24O12S3/c1-16-4-10-19(11-5-16)40(31,32)37-25-23(29)22(28)24(30)26(38-41(33,34)20-12-6-17(2)7-13-20)27(25)39-42(35,36)21-14-8-18(3)9-15-21/h4-15,28-30H,1-3H3. The largest absolute Gasteiger partial charge is 0.502 e. The molecule has 12 nitrogen and oxygen atoms in total. The predicted molar refractivity (Wildman–Crippen MR) is 148 cm³/mol. The third-order valence-electron chi connectivity index (χ3n) is 5.80. The van der Waals surface area contributed by atoms with Crippen LogP contribution in [-0.2, 0) is 30.4 Å². The quantitative estimate of drug-likeness (QED) is 0.177. The van der Waals surface area contributed by atoms with E-state index in [4.69, 9.17) is 12.5 Å². The third-order valence-corrected chi connectivity index (χ3v) is 9.51. The molecular formula is C27H24O12S3. The van der Waals surface area contributed by atoms with Gasteiger partial charge in [0.05, 0.1) is 0 Å². The van der Waals surface area contributed by atoms with Crippen LogP contribution < -0.4 is 12.5 Å². The molecule has 4 aromatic carbocycles. The highest BCUT2D eigenvalue weighted by Crippen LogP contribution is 2.58. The Hall–Kier alpha value is -4.47. The summed E-state index contributed by atoms with van der Waals surface area (Å²) in [6.45, 7) is 5.04. The molecule has 0 aliphatic rings. The minimum atomic E-state index is -4.93. The fourth-order valence-electron chi connectivity index (χ4n) is 3.46. The van der Waals surface area contributed by atoms with Gasteiger partial charge in [-0.15, -0.1) is 0 Å². The highest BCUT2D eigenvalue weighted by atomic mass is 32.2. The molecule has 0 heterocycles. The first-order valence-electron chi connectivity index (χ1n) is 11.9. The lowest BCUT2D eigenvalue weighted by Crippen LogP contribution is -2.16. The summed E-state index contributed by atoms with van der Waals surface area (Å²) in [5.41, 5.74) is 2.05. The Balaban J connectivity index is 1.95. The summed E-state index contributed by atoms with van der Waals surface area (Å²) in [5, 5.41) is 31.6. The third kappa shape index (κ3) is 6.22. The van der Waals surface area contributed by atoms with E-state index in [2.05, 4.69) is 0 Å². The van der Waals surface area contributed by atoms with Crippen molar-refractivity contribution in [2.45, 2.75) is 35.5 Å². The number of phenols is 3. The summed E-state index contributed by atoms with van der Waals surface area (Å²) in [7, 11) is -14.7. The van der Waals surface area contributed by atoms with Gasteiger partial charge in [-0.2, -0.15) is 25.3 Å². The number of benzene rings is 4. The van der Waals surface area contributed by atoms with Gasteiger partial charge in [0.25, 0.3) is 0 Å². The van der Waals surface area contributed by atoms with Gasteiger partial charge in [0.15, 0.2) is 0 Å². The second-order valence-electron chi connectivity index (χ2n) is 9.08. The van der Waals surface area contributed by atoms with Crippen LogP contribution in [0.25, 0.3) is 0 Å². The highest BCUT2D eigenvalue weighted by molar-refractivity contribution is 7.87. The van der Waals surface area contributed by atoms with Crippen molar-refractivity contribution < 1.29 is 53.1 Å². The monoisotopic (exact) mass is 636 g/mol. The molecule has 0 atom stereocenters. The lowest BCUT2D eigenvalue weighted by atomic mass is 10.2. The van der Waals surface area contributed by atoms with Crippen LogP contribution in [0.4, 0.5) is 0 Å². The van der Waals surface area contributed by atoms with Crippen LogP contribution in [0.1, 0.15) is 16.7 Å². The SMILES string of the molecule is Cc1ccc(S(=O)(=O)Oc2c(O)c(O)c(O)c(OS(=O)(=O)c3ccc(C)cc3)c2OS(=O)(=O)c2ccc(C)cc2)cc1. The number of aryl methyl sites for hydroxylation is 3. The van der Waals surface area contributed by atoms with Gasteiger partial charge in [0.2, 0.25) is 34.5 Å². The molecule has 4 aromatic rings. The van der Waals surface area contributed by atoms with Crippen molar-refractivity contribution >= 4 is 30.4 Å². The van der Waals surface area contributed by atoms with E-state index in [1.807, 2.05) is 0 Å². The van der Waals surface area contributed by atoms with E-state index in [0.717, 1.165) is 36.4 Å². The Morgan fingerprint density at radius 3 is 0.905 bits per heavy atom. The van der Waals surface area contributed by atoms with Gasteiger partial charge in [-0.05, 0) is 57.2 Å². The zero-order valence-electron chi connectivity index (χ0n) is 22.2. The lowest BCUT2D eigenvalue weighted by Gasteiger charge is -2.19. The second kappa shape index (κ2) is 11.1. The molecule has 222 valence electrons. The topological polar surface area (TPSA) is 191 Å². The molecule has 42 heavy (non-hydrogen) atoms. The van der Waals surface area contributed by atoms with Gasteiger partial charge in [-0.1, -0.05) is 53.1 Å². The van der Waals surface area contributed by atoms with Crippen molar-refractivity contribution in [2.24, 2.45) is 0 Å².